The standard InChI is InChI=1S/C20H23FN2O3/c1-2-26-19(24)17-7-4-10-22-18(17)23-14-20(8-11-25-12-9-20)15-5-3-6-16(21)13-15/h3-7,10,13H,2,8-9,11-12,14H2,1H3,(H,22,23). The molecule has 0 amide bonds. The molecule has 0 spiro atoms. The Morgan fingerprint density at radius 3 is 2.85 bits per heavy atom. The molecule has 2 heterocycles. The number of anilines is 1. The molecule has 0 atom stereocenters. The highest BCUT2D eigenvalue weighted by Gasteiger charge is 2.35. The molecule has 0 saturated carbocycles. The van der Waals surface area contributed by atoms with Gasteiger partial charge in [0.05, 0.1) is 6.61 Å². The summed E-state index contributed by atoms with van der Waals surface area (Å²) in [6.45, 7) is 3.83. The molecule has 1 N–H and O–H groups in total. The third-order valence-corrected chi connectivity index (χ3v) is 4.78. The van der Waals surface area contributed by atoms with E-state index in [9.17, 15) is 9.18 Å². The monoisotopic (exact) mass is 358 g/mol. The Hall–Kier alpha value is -2.47. The lowest BCUT2D eigenvalue weighted by molar-refractivity contribution is 0.0521. The highest BCUT2D eigenvalue weighted by molar-refractivity contribution is 5.94. The molecule has 1 aromatic heterocycles. The molecule has 0 radical (unpaired) electrons. The Morgan fingerprint density at radius 2 is 2.12 bits per heavy atom. The van der Waals surface area contributed by atoms with Crippen molar-refractivity contribution in [2.75, 3.05) is 31.7 Å². The fourth-order valence-electron chi connectivity index (χ4n) is 3.32. The largest absolute Gasteiger partial charge is 0.462 e. The van der Waals surface area contributed by atoms with Crippen LogP contribution in [0.1, 0.15) is 35.7 Å². The van der Waals surface area contributed by atoms with Gasteiger partial charge in [0.1, 0.15) is 17.2 Å². The third kappa shape index (κ3) is 4.02. The van der Waals surface area contributed by atoms with Gasteiger partial charge in [-0.1, -0.05) is 12.1 Å². The van der Waals surface area contributed by atoms with E-state index in [1.54, 1.807) is 37.4 Å². The predicted octanol–water partition coefficient (Wildman–Crippen LogP) is 3.56. The first-order chi connectivity index (χ1) is 12.6. The first-order valence-corrected chi connectivity index (χ1v) is 8.84. The van der Waals surface area contributed by atoms with Gasteiger partial charge in [-0.2, -0.15) is 0 Å². The van der Waals surface area contributed by atoms with Crippen molar-refractivity contribution in [2.24, 2.45) is 0 Å². The van der Waals surface area contributed by atoms with Crippen molar-refractivity contribution in [1.82, 2.24) is 4.98 Å². The number of nitrogens with zero attached hydrogens (tertiary/aromatic N) is 1. The zero-order valence-corrected chi connectivity index (χ0v) is 14.8. The number of hydrogen-bond donors (Lipinski definition) is 1. The van der Waals surface area contributed by atoms with Gasteiger partial charge in [0.25, 0.3) is 0 Å². The maximum Gasteiger partial charge on any atom is 0.341 e. The van der Waals surface area contributed by atoms with Crippen LogP contribution in [-0.2, 0) is 14.9 Å². The molecule has 5 nitrogen and oxygen atoms in total. The molecule has 1 aromatic carbocycles. The lowest BCUT2D eigenvalue weighted by atomic mass is 9.74. The van der Waals surface area contributed by atoms with Crippen molar-refractivity contribution < 1.29 is 18.7 Å². The molecule has 1 fully saturated rings. The molecule has 0 aliphatic carbocycles. The van der Waals surface area contributed by atoms with Crippen molar-refractivity contribution in [2.45, 2.75) is 25.2 Å². The van der Waals surface area contributed by atoms with Gasteiger partial charge in [0.15, 0.2) is 0 Å². The van der Waals surface area contributed by atoms with E-state index >= 15 is 0 Å². The first kappa shape index (κ1) is 18.3. The topological polar surface area (TPSA) is 60.5 Å². The molecule has 6 heteroatoms. The molecule has 1 aliphatic rings. The number of rotatable bonds is 6. The molecule has 3 rings (SSSR count). The van der Waals surface area contributed by atoms with Crippen molar-refractivity contribution in [3.05, 3.63) is 59.5 Å². The number of nitrogens with one attached hydrogen (secondary N) is 1. The van der Waals surface area contributed by atoms with E-state index in [0.717, 1.165) is 18.4 Å². The van der Waals surface area contributed by atoms with E-state index < -0.39 is 5.97 Å². The van der Waals surface area contributed by atoms with Gasteiger partial charge in [-0.05, 0) is 49.6 Å². The number of carbonyl (C=O) groups is 1. The Labute approximate surface area is 152 Å². The van der Waals surface area contributed by atoms with Crippen molar-refractivity contribution in [3.63, 3.8) is 0 Å². The lowest BCUT2D eigenvalue weighted by Crippen LogP contribution is -2.40. The number of pyridine rings is 1. The van der Waals surface area contributed by atoms with Gasteiger partial charge in [-0.15, -0.1) is 0 Å². The number of ether oxygens (including phenoxy) is 2. The van der Waals surface area contributed by atoms with E-state index in [2.05, 4.69) is 10.3 Å². The van der Waals surface area contributed by atoms with Crippen LogP contribution >= 0.6 is 0 Å². The van der Waals surface area contributed by atoms with E-state index in [0.29, 0.717) is 37.7 Å². The Kier molecular flexibility index (Phi) is 5.83. The summed E-state index contributed by atoms with van der Waals surface area (Å²) >= 11 is 0. The maximum atomic E-state index is 13.8. The number of hydrogen-bond acceptors (Lipinski definition) is 5. The van der Waals surface area contributed by atoms with Crippen LogP contribution < -0.4 is 5.32 Å². The molecule has 1 saturated heterocycles. The highest BCUT2D eigenvalue weighted by atomic mass is 19.1. The van der Waals surface area contributed by atoms with Crippen LogP contribution in [0.2, 0.25) is 0 Å². The predicted molar refractivity (Wildman–Crippen MR) is 96.8 cm³/mol. The molecular formula is C20H23FN2O3. The van der Waals surface area contributed by atoms with Gasteiger partial charge in [-0.25, -0.2) is 14.2 Å². The summed E-state index contributed by atoms with van der Waals surface area (Å²) in [4.78, 5) is 16.4. The second-order valence-electron chi connectivity index (χ2n) is 6.38. The summed E-state index contributed by atoms with van der Waals surface area (Å²) in [5.41, 5.74) is 1.06. The smallest absolute Gasteiger partial charge is 0.341 e. The summed E-state index contributed by atoms with van der Waals surface area (Å²) in [6, 6.07) is 10.1. The van der Waals surface area contributed by atoms with Crippen LogP contribution in [0.15, 0.2) is 42.6 Å². The van der Waals surface area contributed by atoms with Crippen molar-refractivity contribution in [3.8, 4) is 0 Å². The first-order valence-electron chi connectivity index (χ1n) is 8.84. The molecule has 0 bridgehead atoms. The summed E-state index contributed by atoms with van der Waals surface area (Å²) in [7, 11) is 0. The minimum atomic E-state index is -0.408. The van der Waals surface area contributed by atoms with Crippen LogP contribution in [0.5, 0.6) is 0 Å². The van der Waals surface area contributed by atoms with E-state index in [1.807, 2.05) is 6.07 Å². The minimum Gasteiger partial charge on any atom is -0.462 e. The normalized spacial score (nSPS) is 16.1. The van der Waals surface area contributed by atoms with Gasteiger partial charge in [0.2, 0.25) is 0 Å². The quantitative estimate of drug-likeness (QED) is 0.800. The van der Waals surface area contributed by atoms with Crippen LogP contribution in [0.3, 0.4) is 0 Å². The van der Waals surface area contributed by atoms with Gasteiger partial charge < -0.3 is 14.8 Å². The maximum absolute atomic E-state index is 13.8. The molecular weight excluding hydrogens is 335 g/mol. The molecule has 26 heavy (non-hydrogen) atoms. The second-order valence-corrected chi connectivity index (χ2v) is 6.38. The number of carbonyl (C=O) groups excluding carboxylic acids is 1. The summed E-state index contributed by atoms with van der Waals surface area (Å²) in [5, 5.41) is 3.29. The SMILES string of the molecule is CCOC(=O)c1cccnc1NCC1(c2cccc(F)c2)CCOCC1. The van der Waals surface area contributed by atoms with Crippen LogP contribution in [0.25, 0.3) is 0 Å². The van der Waals surface area contributed by atoms with E-state index in [1.165, 1.54) is 6.07 Å². The van der Waals surface area contributed by atoms with Crippen molar-refractivity contribution >= 4 is 11.8 Å². The average molecular weight is 358 g/mol. The Bertz CT molecular complexity index is 760. The van der Waals surface area contributed by atoms with Crippen LogP contribution in [-0.4, -0.2) is 37.3 Å². The molecule has 2 aromatic rings. The van der Waals surface area contributed by atoms with Gasteiger partial charge >= 0.3 is 5.97 Å². The minimum absolute atomic E-state index is 0.251. The van der Waals surface area contributed by atoms with E-state index in [4.69, 9.17) is 9.47 Å². The molecule has 1 aliphatic heterocycles. The zero-order chi connectivity index (χ0) is 18.4. The second kappa shape index (κ2) is 8.27. The van der Waals surface area contributed by atoms with E-state index in [-0.39, 0.29) is 11.2 Å². The summed E-state index contributed by atoms with van der Waals surface area (Å²) in [6.07, 6.45) is 3.17. The number of esters is 1. The number of aromatic nitrogens is 1. The highest BCUT2D eigenvalue weighted by Crippen LogP contribution is 2.35. The molecule has 0 unspecified atom stereocenters. The van der Waals surface area contributed by atoms with Crippen molar-refractivity contribution in [1.29, 1.82) is 0 Å². The van der Waals surface area contributed by atoms with Crippen LogP contribution in [0, 0.1) is 5.82 Å². The fourth-order valence-corrected chi connectivity index (χ4v) is 3.32. The van der Waals surface area contributed by atoms with Gasteiger partial charge in [-0.3, -0.25) is 0 Å². The Morgan fingerprint density at radius 1 is 1.31 bits per heavy atom. The lowest BCUT2D eigenvalue weighted by Gasteiger charge is -2.38. The fraction of sp³-hybridized carbons (Fsp3) is 0.400. The van der Waals surface area contributed by atoms with Gasteiger partial charge in [0, 0.05) is 31.4 Å². The Balaban J connectivity index is 1.85. The number of halogens is 1. The summed E-state index contributed by atoms with van der Waals surface area (Å²) < 4.78 is 24.4. The number of benzene rings is 1. The molecule has 138 valence electrons. The zero-order valence-electron chi connectivity index (χ0n) is 14.8. The summed E-state index contributed by atoms with van der Waals surface area (Å²) in [5.74, 6) is -0.179. The average Bonchev–Trinajstić information content (AvgIpc) is 2.67. The third-order valence-electron chi connectivity index (χ3n) is 4.78. The van der Waals surface area contributed by atoms with Crippen LogP contribution in [0.4, 0.5) is 10.2 Å².